The Morgan fingerprint density at radius 3 is 2.87 bits per heavy atom. The van der Waals surface area contributed by atoms with Crippen molar-refractivity contribution >= 4 is 5.95 Å². The molecule has 0 bridgehead atoms. The molecule has 1 fully saturated rings. The van der Waals surface area contributed by atoms with Crippen molar-refractivity contribution in [3.8, 4) is 0 Å². The number of nitrogens with one attached hydrogen (secondary N) is 2. The van der Waals surface area contributed by atoms with Crippen molar-refractivity contribution in [1.82, 2.24) is 20.1 Å². The lowest BCUT2D eigenvalue weighted by atomic mass is 9.92. The molecule has 2 atom stereocenters. The van der Waals surface area contributed by atoms with Gasteiger partial charge in [-0.2, -0.15) is 0 Å². The highest BCUT2D eigenvalue weighted by Crippen LogP contribution is 2.26. The number of hydrogen-bond donors (Lipinski definition) is 2. The van der Waals surface area contributed by atoms with Crippen LogP contribution in [0.1, 0.15) is 31.5 Å². The standard InChI is InChI=1S/C10H19N5/c1-7-6-8(4-5-12-7)9-13-14-10(11-2)15(9)3/h7-8,12H,4-6H2,1-3H3,(H,11,14). The molecule has 2 rings (SSSR count). The van der Waals surface area contributed by atoms with E-state index in [1.807, 2.05) is 14.1 Å². The normalized spacial score (nSPS) is 26.6. The molecule has 0 aromatic carbocycles. The molecule has 1 aliphatic heterocycles. The van der Waals surface area contributed by atoms with Crippen LogP contribution in [0.2, 0.25) is 0 Å². The van der Waals surface area contributed by atoms with Gasteiger partial charge < -0.3 is 15.2 Å². The Morgan fingerprint density at radius 1 is 1.47 bits per heavy atom. The van der Waals surface area contributed by atoms with Gasteiger partial charge in [0.2, 0.25) is 5.95 Å². The topological polar surface area (TPSA) is 54.8 Å². The van der Waals surface area contributed by atoms with Crippen molar-refractivity contribution in [2.45, 2.75) is 31.7 Å². The number of nitrogens with zero attached hydrogens (tertiary/aromatic N) is 3. The number of aromatic nitrogens is 3. The van der Waals surface area contributed by atoms with Gasteiger partial charge in [0.05, 0.1) is 0 Å². The minimum atomic E-state index is 0.542. The molecule has 1 aromatic rings. The van der Waals surface area contributed by atoms with Gasteiger partial charge in [0.1, 0.15) is 5.82 Å². The molecular formula is C10H19N5. The summed E-state index contributed by atoms with van der Waals surface area (Å²) in [6, 6.07) is 0.582. The number of anilines is 1. The van der Waals surface area contributed by atoms with E-state index in [0.29, 0.717) is 12.0 Å². The molecule has 2 heterocycles. The van der Waals surface area contributed by atoms with E-state index in [9.17, 15) is 0 Å². The maximum absolute atomic E-state index is 4.27. The molecule has 5 heteroatoms. The third-order valence-corrected chi connectivity index (χ3v) is 3.12. The van der Waals surface area contributed by atoms with Gasteiger partial charge >= 0.3 is 0 Å². The van der Waals surface area contributed by atoms with E-state index in [1.165, 1.54) is 0 Å². The summed E-state index contributed by atoms with van der Waals surface area (Å²) in [6.07, 6.45) is 2.30. The van der Waals surface area contributed by atoms with Crippen LogP contribution in [0.5, 0.6) is 0 Å². The van der Waals surface area contributed by atoms with E-state index in [4.69, 9.17) is 0 Å². The van der Waals surface area contributed by atoms with Gasteiger partial charge in [-0.05, 0) is 26.3 Å². The maximum atomic E-state index is 4.27. The highest BCUT2D eigenvalue weighted by Gasteiger charge is 2.24. The summed E-state index contributed by atoms with van der Waals surface area (Å²) < 4.78 is 2.06. The van der Waals surface area contributed by atoms with Crippen molar-refractivity contribution < 1.29 is 0 Å². The molecule has 2 N–H and O–H groups in total. The summed E-state index contributed by atoms with van der Waals surface area (Å²) in [4.78, 5) is 0. The minimum absolute atomic E-state index is 0.542. The first-order valence-corrected chi connectivity index (χ1v) is 5.52. The summed E-state index contributed by atoms with van der Waals surface area (Å²) in [5.41, 5.74) is 0. The quantitative estimate of drug-likeness (QED) is 0.753. The minimum Gasteiger partial charge on any atom is -0.357 e. The Labute approximate surface area is 90.3 Å². The van der Waals surface area contributed by atoms with E-state index < -0.39 is 0 Å². The van der Waals surface area contributed by atoms with Gasteiger partial charge in [-0.3, -0.25) is 0 Å². The van der Waals surface area contributed by atoms with Gasteiger partial charge in [0.25, 0.3) is 0 Å². The molecule has 84 valence electrons. The SMILES string of the molecule is CNc1nnc(C2CCNC(C)C2)n1C. The average molecular weight is 209 g/mol. The fourth-order valence-electron chi connectivity index (χ4n) is 2.28. The molecule has 1 aliphatic rings. The van der Waals surface area contributed by atoms with E-state index in [1.54, 1.807) is 0 Å². The predicted molar refractivity (Wildman–Crippen MR) is 60.0 cm³/mol. The van der Waals surface area contributed by atoms with Crippen molar-refractivity contribution in [2.75, 3.05) is 18.9 Å². The second-order valence-electron chi connectivity index (χ2n) is 4.27. The molecule has 0 spiro atoms. The highest BCUT2D eigenvalue weighted by molar-refractivity contribution is 5.25. The molecule has 0 aliphatic carbocycles. The lowest BCUT2D eigenvalue weighted by Crippen LogP contribution is -2.35. The van der Waals surface area contributed by atoms with Gasteiger partial charge in [0.15, 0.2) is 0 Å². The van der Waals surface area contributed by atoms with Crippen LogP contribution in [0.15, 0.2) is 0 Å². The van der Waals surface area contributed by atoms with Crippen LogP contribution in [0, 0.1) is 0 Å². The molecule has 1 saturated heterocycles. The highest BCUT2D eigenvalue weighted by atomic mass is 15.3. The van der Waals surface area contributed by atoms with E-state index >= 15 is 0 Å². The van der Waals surface area contributed by atoms with Crippen LogP contribution in [-0.4, -0.2) is 34.4 Å². The second kappa shape index (κ2) is 4.18. The molecule has 5 nitrogen and oxygen atoms in total. The first kappa shape index (κ1) is 10.4. The number of piperidine rings is 1. The Kier molecular flexibility index (Phi) is 2.90. The van der Waals surface area contributed by atoms with Crippen LogP contribution in [0.3, 0.4) is 0 Å². The maximum Gasteiger partial charge on any atom is 0.224 e. The van der Waals surface area contributed by atoms with Crippen molar-refractivity contribution in [2.24, 2.45) is 7.05 Å². The first-order valence-electron chi connectivity index (χ1n) is 5.52. The zero-order valence-electron chi connectivity index (χ0n) is 9.62. The zero-order valence-corrected chi connectivity index (χ0v) is 9.62. The smallest absolute Gasteiger partial charge is 0.224 e. The summed E-state index contributed by atoms with van der Waals surface area (Å²) in [7, 11) is 3.90. The zero-order chi connectivity index (χ0) is 10.8. The summed E-state index contributed by atoms with van der Waals surface area (Å²) in [5, 5.41) is 14.9. The lowest BCUT2D eigenvalue weighted by Gasteiger charge is -2.27. The fraction of sp³-hybridized carbons (Fsp3) is 0.800. The molecule has 0 saturated carbocycles. The Balaban J connectivity index is 2.17. The number of hydrogen-bond acceptors (Lipinski definition) is 4. The van der Waals surface area contributed by atoms with Crippen LogP contribution >= 0.6 is 0 Å². The number of rotatable bonds is 2. The van der Waals surface area contributed by atoms with E-state index in [0.717, 1.165) is 31.2 Å². The van der Waals surface area contributed by atoms with E-state index in [-0.39, 0.29) is 0 Å². The molecule has 1 aromatic heterocycles. The Morgan fingerprint density at radius 2 is 2.27 bits per heavy atom. The van der Waals surface area contributed by atoms with Crippen LogP contribution in [-0.2, 0) is 7.05 Å². The van der Waals surface area contributed by atoms with Gasteiger partial charge in [-0.1, -0.05) is 0 Å². The second-order valence-corrected chi connectivity index (χ2v) is 4.27. The van der Waals surface area contributed by atoms with Crippen LogP contribution in [0.25, 0.3) is 0 Å². The first-order chi connectivity index (χ1) is 7.22. The largest absolute Gasteiger partial charge is 0.357 e. The third kappa shape index (κ3) is 1.97. The van der Waals surface area contributed by atoms with Crippen LogP contribution < -0.4 is 10.6 Å². The van der Waals surface area contributed by atoms with Gasteiger partial charge in [-0.15, -0.1) is 10.2 Å². The molecule has 2 unspecified atom stereocenters. The van der Waals surface area contributed by atoms with Crippen LogP contribution in [0.4, 0.5) is 5.95 Å². The average Bonchev–Trinajstić information content (AvgIpc) is 2.59. The monoisotopic (exact) mass is 209 g/mol. The van der Waals surface area contributed by atoms with Gasteiger partial charge in [0, 0.05) is 26.1 Å². The molecule has 15 heavy (non-hydrogen) atoms. The van der Waals surface area contributed by atoms with E-state index in [2.05, 4.69) is 32.3 Å². The Hall–Kier alpha value is -1.10. The molecular weight excluding hydrogens is 190 g/mol. The summed E-state index contributed by atoms with van der Waals surface area (Å²) in [6.45, 7) is 3.30. The Bertz CT molecular complexity index is 333. The summed E-state index contributed by atoms with van der Waals surface area (Å²) in [5.74, 6) is 2.49. The van der Waals surface area contributed by atoms with Crippen molar-refractivity contribution in [1.29, 1.82) is 0 Å². The van der Waals surface area contributed by atoms with Crippen molar-refractivity contribution in [3.63, 3.8) is 0 Å². The van der Waals surface area contributed by atoms with Crippen molar-refractivity contribution in [3.05, 3.63) is 5.82 Å². The molecule has 0 amide bonds. The molecule has 0 radical (unpaired) electrons. The van der Waals surface area contributed by atoms with Gasteiger partial charge in [-0.25, -0.2) is 0 Å². The summed E-state index contributed by atoms with van der Waals surface area (Å²) >= 11 is 0. The lowest BCUT2D eigenvalue weighted by molar-refractivity contribution is 0.366. The predicted octanol–water partition coefficient (Wildman–Crippen LogP) is 0.712. The fourth-order valence-corrected chi connectivity index (χ4v) is 2.28. The third-order valence-electron chi connectivity index (χ3n) is 3.12.